The number of esters is 1. The summed E-state index contributed by atoms with van der Waals surface area (Å²) in [5.74, 6) is -0.0188. The molecule has 0 spiro atoms. The van der Waals surface area contributed by atoms with Gasteiger partial charge in [0.05, 0.1) is 25.4 Å². The van der Waals surface area contributed by atoms with Crippen LogP contribution in [-0.4, -0.2) is 40.5 Å². The Hall–Kier alpha value is -3.42. The van der Waals surface area contributed by atoms with Crippen molar-refractivity contribution in [3.8, 4) is 5.82 Å². The summed E-state index contributed by atoms with van der Waals surface area (Å²) in [6.45, 7) is 1.90. The van der Waals surface area contributed by atoms with Gasteiger partial charge in [-0.05, 0) is 25.1 Å². The van der Waals surface area contributed by atoms with Crippen molar-refractivity contribution in [2.75, 3.05) is 19.0 Å². The summed E-state index contributed by atoms with van der Waals surface area (Å²) in [5.41, 5.74) is 0.874. The predicted molar refractivity (Wildman–Crippen MR) is 90.8 cm³/mol. The summed E-state index contributed by atoms with van der Waals surface area (Å²) in [7, 11) is 1.23. The average molecular weight is 340 g/mol. The Morgan fingerprint density at radius 3 is 2.76 bits per heavy atom. The van der Waals surface area contributed by atoms with Crippen molar-refractivity contribution in [3.63, 3.8) is 0 Å². The van der Waals surface area contributed by atoms with Crippen molar-refractivity contribution >= 4 is 28.8 Å². The first-order valence-electron chi connectivity index (χ1n) is 7.60. The number of fused-ring (bicyclic) bond motifs is 1. The number of para-hydroxylation sites is 1. The van der Waals surface area contributed by atoms with E-state index in [1.165, 1.54) is 18.0 Å². The zero-order chi connectivity index (χ0) is 17.8. The van der Waals surface area contributed by atoms with Gasteiger partial charge >= 0.3 is 12.1 Å². The van der Waals surface area contributed by atoms with E-state index in [1.54, 1.807) is 13.0 Å². The normalized spacial score (nSPS) is 10.5. The van der Waals surface area contributed by atoms with E-state index in [4.69, 9.17) is 4.74 Å². The number of rotatable bonds is 4. The fourth-order valence-electron chi connectivity index (χ4n) is 2.32. The van der Waals surface area contributed by atoms with Crippen LogP contribution in [0.1, 0.15) is 17.3 Å². The average Bonchev–Trinajstić information content (AvgIpc) is 3.05. The van der Waals surface area contributed by atoms with E-state index < -0.39 is 12.1 Å². The Balaban J connectivity index is 2.09. The van der Waals surface area contributed by atoms with Crippen molar-refractivity contribution in [2.24, 2.45) is 0 Å². The SMILES string of the molecule is CCOC(=O)c1cnn(-c2ccc3ccccc3n2)c1NC(=O)OC. The molecule has 0 atom stereocenters. The molecule has 1 amide bonds. The molecule has 8 heteroatoms. The van der Waals surface area contributed by atoms with E-state index in [9.17, 15) is 9.59 Å². The van der Waals surface area contributed by atoms with Crippen molar-refractivity contribution in [1.29, 1.82) is 0 Å². The summed E-state index contributed by atoms with van der Waals surface area (Å²) < 4.78 is 11.0. The predicted octanol–water partition coefficient (Wildman–Crippen LogP) is 2.78. The maximum Gasteiger partial charge on any atom is 0.412 e. The lowest BCUT2D eigenvalue weighted by atomic mass is 10.2. The van der Waals surface area contributed by atoms with Crippen LogP contribution in [0.2, 0.25) is 0 Å². The lowest BCUT2D eigenvalue weighted by Crippen LogP contribution is -2.18. The molecule has 0 aliphatic rings. The highest BCUT2D eigenvalue weighted by Crippen LogP contribution is 2.22. The van der Waals surface area contributed by atoms with Crippen LogP contribution in [0.5, 0.6) is 0 Å². The standard InChI is InChI=1S/C17H16N4O4/c1-3-25-16(22)12-10-18-21(15(12)20-17(23)24-2)14-9-8-11-6-4-5-7-13(11)19-14/h4-10H,3H2,1-2H3,(H,20,23). The second-order valence-corrected chi connectivity index (χ2v) is 5.02. The van der Waals surface area contributed by atoms with Gasteiger partial charge in [0, 0.05) is 5.39 Å². The number of aromatic nitrogens is 3. The number of anilines is 1. The molecule has 0 bridgehead atoms. The van der Waals surface area contributed by atoms with Crippen molar-refractivity contribution < 1.29 is 19.1 Å². The van der Waals surface area contributed by atoms with Gasteiger partial charge in [0.1, 0.15) is 5.56 Å². The van der Waals surface area contributed by atoms with Crippen molar-refractivity contribution in [2.45, 2.75) is 6.92 Å². The van der Waals surface area contributed by atoms with Crippen molar-refractivity contribution in [3.05, 3.63) is 48.2 Å². The van der Waals surface area contributed by atoms with Crippen LogP contribution in [0.3, 0.4) is 0 Å². The highest BCUT2D eigenvalue weighted by atomic mass is 16.5. The van der Waals surface area contributed by atoms with Crippen LogP contribution in [0, 0.1) is 0 Å². The van der Waals surface area contributed by atoms with Gasteiger partial charge in [-0.1, -0.05) is 18.2 Å². The largest absolute Gasteiger partial charge is 0.462 e. The van der Waals surface area contributed by atoms with E-state index in [-0.39, 0.29) is 18.0 Å². The Kier molecular flexibility index (Phi) is 4.60. The minimum absolute atomic E-state index is 0.113. The van der Waals surface area contributed by atoms with Gasteiger partial charge in [-0.25, -0.2) is 14.6 Å². The van der Waals surface area contributed by atoms with Gasteiger partial charge in [-0.15, -0.1) is 0 Å². The van der Waals surface area contributed by atoms with E-state index in [0.29, 0.717) is 5.82 Å². The molecule has 1 N–H and O–H groups in total. The smallest absolute Gasteiger partial charge is 0.412 e. The molecule has 0 radical (unpaired) electrons. The highest BCUT2D eigenvalue weighted by Gasteiger charge is 2.22. The second-order valence-electron chi connectivity index (χ2n) is 5.02. The third kappa shape index (κ3) is 3.27. The minimum Gasteiger partial charge on any atom is -0.462 e. The number of methoxy groups -OCH3 is 1. The first-order chi connectivity index (χ1) is 12.1. The molecule has 25 heavy (non-hydrogen) atoms. The van der Waals surface area contributed by atoms with Gasteiger partial charge in [0.2, 0.25) is 0 Å². The Morgan fingerprint density at radius 1 is 1.20 bits per heavy atom. The molecule has 0 saturated carbocycles. The molecule has 0 fully saturated rings. The summed E-state index contributed by atoms with van der Waals surface area (Å²) in [6.07, 6.45) is 0.591. The molecule has 0 saturated heterocycles. The molecule has 0 unspecified atom stereocenters. The number of carbonyl (C=O) groups is 2. The molecule has 1 aromatic carbocycles. The third-order valence-corrected chi connectivity index (χ3v) is 3.47. The summed E-state index contributed by atoms with van der Waals surface area (Å²) in [4.78, 5) is 28.3. The maximum absolute atomic E-state index is 12.1. The van der Waals surface area contributed by atoms with E-state index >= 15 is 0 Å². The van der Waals surface area contributed by atoms with Crippen LogP contribution in [0.25, 0.3) is 16.7 Å². The number of carbonyl (C=O) groups excluding carboxylic acids is 2. The summed E-state index contributed by atoms with van der Waals surface area (Å²) >= 11 is 0. The Morgan fingerprint density at radius 2 is 2.00 bits per heavy atom. The number of nitrogens with one attached hydrogen (secondary N) is 1. The first kappa shape index (κ1) is 16.4. The molecule has 2 aromatic heterocycles. The van der Waals surface area contributed by atoms with Crippen LogP contribution in [0.4, 0.5) is 10.6 Å². The number of benzene rings is 1. The zero-order valence-corrected chi connectivity index (χ0v) is 13.7. The number of amides is 1. The first-order valence-corrected chi connectivity index (χ1v) is 7.60. The van der Waals surface area contributed by atoms with Gasteiger partial charge in [0.25, 0.3) is 0 Å². The maximum atomic E-state index is 12.1. The van der Waals surface area contributed by atoms with Crippen LogP contribution in [0.15, 0.2) is 42.6 Å². The fraction of sp³-hybridized carbons (Fsp3) is 0.176. The van der Waals surface area contributed by atoms with E-state index in [1.807, 2.05) is 30.3 Å². The Bertz CT molecular complexity index is 935. The number of ether oxygens (including phenoxy) is 2. The highest BCUT2D eigenvalue weighted by molar-refractivity contribution is 5.98. The van der Waals surface area contributed by atoms with E-state index in [0.717, 1.165) is 10.9 Å². The number of hydrogen-bond donors (Lipinski definition) is 1. The second kappa shape index (κ2) is 7.00. The third-order valence-electron chi connectivity index (χ3n) is 3.47. The van der Waals surface area contributed by atoms with E-state index in [2.05, 4.69) is 20.1 Å². The molecular formula is C17H16N4O4. The summed E-state index contributed by atoms with van der Waals surface area (Å²) in [5, 5.41) is 7.62. The molecule has 0 aliphatic heterocycles. The lowest BCUT2D eigenvalue weighted by Gasteiger charge is -2.10. The molecular weight excluding hydrogens is 324 g/mol. The van der Waals surface area contributed by atoms with Crippen LogP contribution in [-0.2, 0) is 9.47 Å². The fourth-order valence-corrected chi connectivity index (χ4v) is 2.32. The molecule has 8 nitrogen and oxygen atoms in total. The van der Waals surface area contributed by atoms with Crippen LogP contribution < -0.4 is 5.32 Å². The van der Waals surface area contributed by atoms with Gasteiger partial charge < -0.3 is 9.47 Å². The Labute approximate surface area is 143 Å². The van der Waals surface area contributed by atoms with Crippen LogP contribution >= 0.6 is 0 Å². The molecule has 3 aromatic rings. The number of nitrogens with zero attached hydrogens (tertiary/aromatic N) is 3. The van der Waals surface area contributed by atoms with Gasteiger partial charge in [0.15, 0.2) is 11.6 Å². The lowest BCUT2D eigenvalue weighted by molar-refractivity contribution is 0.0527. The summed E-state index contributed by atoms with van der Waals surface area (Å²) in [6, 6.07) is 11.2. The number of hydrogen-bond acceptors (Lipinski definition) is 6. The molecule has 3 rings (SSSR count). The topological polar surface area (TPSA) is 95.3 Å². The molecule has 2 heterocycles. The quantitative estimate of drug-likeness (QED) is 0.734. The zero-order valence-electron chi connectivity index (χ0n) is 13.7. The minimum atomic E-state index is -0.729. The van der Waals surface area contributed by atoms with Gasteiger partial charge in [-0.2, -0.15) is 9.78 Å². The monoisotopic (exact) mass is 340 g/mol. The van der Waals surface area contributed by atoms with Gasteiger partial charge in [-0.3, -0.25) is 5.32 Å². The van der Waals surface area contributed by atoms with Crippen molar-refractivity contribution in [1.82, 2.24) is 14.8 Å². The molecule has 128 valence electrons. The number of pyridine rings is 1. The molecule has 0 aliphatic carbocycles.